The van der Waals surface area contributed by atoms with Crippen molar-refractivity contribution in [1.29, 1.82) is 0 Å². The van der Waals surface area contributed by atoms with E-state index < -0.39 is 15.6 Å². The Labute approximate surface area is 141 Å². The first-order valence-electron chi connectivity index (χ1n) is 7.74. The highest BCUT2D eigenvalue weighted by Gasteiger charge is 2.37. The molecule has 8 nitrogen and oxygen atoms in total. The molecule has 1 saturated heterocycles. The Morgan fingerprint density at radius 1 is 1.46 bits per heavy atom. The first kappa shape index (κ1) is 16.9. The number of β-amino-alcohol motifs (C(OH)–C–C–N with tert-alkyl or cyclic N) is 1. The molecule has 2 aromatic heterocycles. The van der Waals surface area contributed by atoms with Crippen LogP contribution in [-0.2, 0) is 10.0 Å². The van der Waals surface area contributed by atoms with Crippen molar-refractivity contribution in [2.45, 2.75) is 23.3 Å². The second kappa shape index (κ2) is 6.50. The molecule has 130 valence electrons. The molecule has 0 saturated carbocycles. The highest BCUT2D eigenvalue weighted by molar-refractivity contribution is 7.89. The Morgan fingerprint density at radius 2 is 2.29 bits per heavy atom. The molecule has 0 aromatic carbocycles. The summed E-state index contributed by atoms with van der Waals surface area (Å²) in [4.78, 5) is 6.38. The fourth-order valence-corrected chi connectivity index (χ4v) is 4.19. The Bertz CT molecular complexity index is 766. The number of pyridine rings is 1. The average Bonchev–Trinajstić information content (AvgIpc) is 3.10. The van der Waals surface area contributed by atoms with Crippen molar-refractivity contribution in [1.82, 2.24) is 19.5 Å². The predicted molar refractivity (Wildman–Crippen MR) is 89.0 cm³/mol. The maximum Gasteiger partial charge on any atom is 0.246 e. The van der Waals surface area contributed by atoms with Crippen LogP contribution in [0, 0.1) is 0 Å². The zero-order chi connectivity index (χ0) is 17.2. The summed E-state index contributed by atoms with van der Waals surface area (Å²) >= 11 is 0. The summed E-state index contributed by atoms with van der Waals surface area (Å²) < 4.78 is 26.2. The van der Waals surface area contributed by atoms with Crippen LogP contribution >= 0.6 is 0 Å². The molecule has 0 radical (unpaired) electrons. The minimum atomic E-state index is -3.67. The third kappa shape index (κ3) is 3.42. The molecular formula is C15H21N5O3S. The van der Waals surface area contributed by atoms with Gasteiger partial charge in [-0.2, -0.15) is 9.40 Å². The molecule has 0 amide bonds. The van der Waals surface area contributed by atoms with Crippen LogP contribution in [0.5, 0.6) is 0 Å². The molecule has 9 heteroatoms. The van der Waals surface area contributed by atoms with E-state index in [2.05, 4.69) is 15.2 Å². The molecule has 0 aliphatic carbocycles. The van der Waals surface area contributed by atoms with E-state index in [1.807, 2.05) is 23.1 Å². The van der Waals surface area contributed by atoms with Crippen molar-refractivity contribution in [2.24, 2.45) is 0 Å². The number of aliphatic hydroxyl groups is 1. The molecule has 3 heterocycles. The number of aromatic amines is 1. The monoisotopic (exact) mass is 351 g/mol. The molecule has 2 aromatic rings. The number of anilines is 1. The maximum absolute atomic E-state index is 12.5. The Morgan fingerprint density at radius 3 is 2.96 bits per heavy atom. The lowest BCUT2D eigenvalue weighted by Gasteiger charge is -2.41. The second-order valence-corrected chi connectivity index (χ2v) is 8.18. The smallest absolute Gasteiger partial charge is 0.246 e. The zero-order valence-corrected chi connectivity index (χ0v) is 14.3. The molecular weight excluding hydrogens is 330 g/mol. The van der Waals surface area contributed by atoms with E-state index in [9.17, 15) is 13.5 Å². The van der Waals surface area contributed by atoms with Gasteiger partial charge in [0.2, 0.25) is 10.0 Å². The summed E-state index contributed by atoms with van der Waals surface area (Å²) in [5.41, 5.74) is -1.12. The number of H-pyrrole nitrogens is 1. The van der Waals surface area contributed by atoms with Crippen LogP contribution in [0.1, 0.15) is 12.8 Å². The third-order valence-corrected chi connectivity index (χ3v) is 6.00. The van der Waals surface area contributed by atoms with Gasteiger partial charge >= 0.3 is 0 Å². The highest BCUT2D eigenvalue weighted by atomic mass is 32.2. The SMILES string of the molecule is CN(C[C@@]1(O)CCCN(c2ccccn2)C1)S(=O)(=O)c1cn[nH]c1. The molecule has 1 aliphatic rings. The Hall–Kier alpha value is -1.97. The molecule has 0 bridgehead atoms. The summed E-state index contributed by atoms with van der Waals surface area (Å²) in [6.45, 7) is 1.15. The maximum atomic E-state index is 12.5. The van der Waals surface area contributed by atoms with Crippen LogP contribution in [0.2, 0.25) is 0 Å². The number of hydrogen-bond acceptors (Lipinski definition) is 6. The van der Waals surface area contributed by atoms with Gasteiger partial charge in [-0.05, 0) is 25.0 Å². The normalized spacial score (nSPS) is 22.0. The Balaban J connectivity index is 1.74. The number of piperidine rings is 1. The van der Waals surface area contributed by atoms with Crippen LogP contribution in [-0.4, -0.2) is 65.3 Å². The van der Waals surface area contributed by atoms with E-state index in [1.54, 1.807) is 6.20 Å². The fourth-order valence-electron chi connectivity index (χ4n) is 3.04. The van der Waals surface area contributed by atoms with Gasteiger partial charge in [0.25, 0.3) is 0 Å². The van der Waals surface area contributed by atoms with Crippen LogP contribution in [0.3, 0.4) is 0 Å². The topological polar surface area (TPSA) is 102 Å². The number of likely N-dealkylation sites (N-methyl/N-ethyl adjacent to an activating group) is 1. The molecule has 0 unspecified atom stereocenters. The van der Waals surface area contributed by atoms with Crippen molar-refractivity contribution in [2.75, 3.05) is 31.6 Å². The number of hydrogen-bond donors (Lipinski definition) is 2. The lowest BCUT2D eigenvalue weighted by molar-refractivity contribution is 0.0131. The summed E-state index contributed by atoms with van der Waals surface area (Å²) in [5, 5.41) is 17.1. The van der Waals surface area contributed by atoms with Crippen LogP contribution in [0.15, 0.2) is 41.7 Å². The van der Waals surface area contributed by atoms with Crippen LogP contribution in [0.4, 0.5) is 5.82 Å². The van der Waals surface area contributed by atoms with Gasteiger partial charge in [0.15, 0.2) is 0 Å². The van der Waals surface area contributed by atoms with Crippen molar-refractivity contribution in [3.05, 3.63) is 36.8 Å². The van der Waals surface area contributed by atoms with E-state index >= 15 is 0 Å². The van der Waals surface area contributed by atoms with Gasteiger partial charge in [-0.1, -0.05) is 6.07 Å². The van der Waals surface area contributed by atoms with Crippen molar-refractivity contribution < 1.29 is 13.5 Å². The van der Waals surface area contributed by atoms with Gasteiger partial charge in [-0.25, -0.2) is 13.4 Å². The summed E-state index contributed by atoms with van der Waals surface area (Å²) in [6.07, 6.45) is 5.61. The fraction of sp³-hybridized carbons (Fsp3) is 0.467. The summed E-state index contributed by atoms with van der Waals surface area (Å²) in [7, 11) is -2.20. The minimum absolute atomic E-state index is 0.0177. The van der Waals surface area contributed by atoms with Gasteiger partial charge in [0.05, 0.1) is 11.8 Å². The predicted octanol–water partition coefficient (Wildman–Crippen LogP) is 0.457. The van der Waals surface area contributed by atoms with Crippen molar-refractivity contribution in [3.8, 4) is 0 Å². The molecule has 0 spiro atoms. The largest absolute Gasteiger partial charge is 0.387 e. The lowest BCUT2D eigenvalue weighted by Crippen LogP contribution is -2.54. The number of nitrogens with zero attached hydrogens (tertiary/aromatic N) is 4. The quantitative estimate of drug-likeness (QED) is 0.811. The van der Waals surface area contributed by atoms with E-state index in [0.29, 0.717) is 13.0 Å². The molecule has 1 aliphatic heterocycles. The average molecular weight is 351 g/mol. The number of sulfonamides is 1. The third-order valence-electron chi connectivity index (χ3n) is 4.23. The molecule has 3 rings (SSSR count). The van der Waals surface area contributed by atoms with Crippen LogP contribution < -0.4 is 4.90 Å². The summed E-state index contributed by atoms with van der Waals surface area (Å²) in [5.74, 6) is 0.788. The first-order chi connectivity index (χ1) is 11.4. The zero-order valence-electron chi connectivity index (χ0n) is 13.5. The van der Waals surface area contributed by atoms with Crippen LogP contribution in [0.25, 0.3) is 0 Å². The Kier molecular flexibility index (Phi) is 4.57. The molecule has 1 atom stereocenters. The first-order valence-corrected chi connectivity index (χ1v) is 9.18. The standard InChI is InChI=1S/C15H21N5O3S/c1-19(24(22,23)13-9-17-18-10-13)11-15(21)6-4-8-20(12-15)14-5-2-3-7-16-14/h2-3,5,7,9-10,21H,4,6,8,11-12H2,1H3,(H,17,18)/t15-/m0/s1. The van der Waals surface area contributed by atoms with Crippen molar-refractivity contribution >= 4 is 15.8 Å². The van der Waals surface area contributed by atoms with Gasteiger partial charge in [-0.15, -0.1) is 0 Å². The van der Waals surface area contributed by atoms with Gasteiger partial charge in [-0.3, -0.25) is 5.10 Å². The lowest BCUT2D eigenvalue weighted by atomic mass is 9.93. The van der Waals surface area contributed by atoms with Gasteiger partial charge < -0.3 is 10.0 Å². The second-order valence-electron chi connectivity index (χ2n) is 6.13. The highest BCUT2D eigenvalue weighted by Crippen LogP contribution is 2.27. The van der Waals surface area contributed by atoms with E-state index in [1.165, 1.54) is 23.7 Å². The van der Waals surface area contributed by atoms with Crippen molar-refractivity contribution in [3.63, 3.8) is 0 Å². The van der Waals surface area contributed by atoms with E-state index in [4.69, 9.17) is 0 Å². The van der Waals surface area contributed by atoms with E-state index in [0.717, 1.165) is 18.8 Å². The van der Waals surface area contributed by atoms with E-state index in [-0.39, 0.29) is 11.4 Å². The summed E-state index contributed by atoms with van der Waals surface area (Å²) in [6, 6.07) is 5.62. The minimum Gasteiger partial charge on any atom is -0.387 e. The van der Waals surface area contributed by atoms with Gasteiger partial charge in [0.1, 0.15) is 10.7 Å². The number of nitrogens with one attached hydrogen (secondary N) is 1. The molecule has 1 fully saturated rings. The number of aromatic nitrogens is 3. The number of rotatable bonds is 5. The molecule has 24 heavy (non-hydrogen) atoms. The molecule has 2 N–H and O–H groups in total. The van der Waals surface area contributed by atoms with Gasteiger partial charge in [0, 0.05) is 39.1 Å².